The van der Waals surface area contributed by atoms with E-state index in [9.17, 15) is 0 Å². The van der Waals surface area contributed by atoms with E-state index in [1.165, 1.54) is 11.8 Å². The van der Waals surface area contributed by atoms with Crippen molar-refractivity contribution in [3.63, 3.8) is 0 Å². The van der Waals surface area contributed by atoms with Crippen molar-refractivity contribution in [3.8, 4) is 0 Å². The summed E-state index contributed by atoms with van der Waals surface area (Å²) in [5.74, 6) is 1.32. The molecule has 0 amide bonds. The van der Waals surface area contributed by atoms with Gasteiger partial charge in [-0.2, -0.15) is 0 Å². The molecule has 17 heavy (non-hydrogen) atoms. The number of rotatable bonds is 3. The number of nitrogen functional groups attached to an aromatic ring is 1. The molecule has 0 unspecified atom stereocenters. The molecule has 90 valence electrons. The summed E-state index contributed by atoms with van der Waals surface area (Å²) in [5.41, 5.74) is 6.78. The van der Waals surface area contributed by atoms with E-state index in [0.29, 0.717) is 5.82 Å². The lowest BCUT2D eigenvalue weighted by molar-refractivity contribution is 0.785. The second-order valence-corrected chi connectivity index (χ2v) is 4.69. The average molecular weight is 249 g/mol. The first-order valence-electron chi connectivity index (χ1n) is 5.40. The zero-order chi connectivity index (χ0) is 12.4. The van der Waals surface area contributed by atoms with E-state index < -0.39 is 0 Å². The fraction of sp³-hybridized carbons (Fsp3) is 0.364. The van der Waals surface area contributed by atoms with Crippen molar-refractivity contribution >= 4 is 17.6 Å². The molecule has 5 nitrogen and oxygen atoms in total. The predicted molar refractivity (Wildman–Crippen MR) is 67.9 cm³/mol. The van der Waals surface area contributed by atoms with Crippen molar-refractivity contribution in [1.82, 2.24) is 19.5 Å². The molecule has 0 radical (unpaired) electrons. The fourth-order valence-electron chi connectivity index (χ4n) is 1.35. The highest BCUT2D eigenvalue weighted by Crippen LogP contribution is 2.28. The Morgan fingerprint density at radius 2 is 2.18 bits per heavy atom. The maximum Gasteiger partial charge on any atom is 0.174 e. The SMILES string of the molecule is CCc1nc(N)c(C)c(Sc2nccn2C)n1. The minimum Gasteiger partial charge on any atom is -0.383 e. The van der Waals surface area contributed by atoms with E-state index >= 15 is 0 Å². The van der Waals surface area contributed by atoms with Gasteiger partial charge in [-0.3, -0.25) is 0 Å². The molecule has 0 saturated carbocycles. The molecule has 2 N–H and O–H groups in total. The quantitative estimate of drug-likeness (QED) is 0.840. The van der Waals surface area contributed by atoms with E-state index in [1.807, 2.05) is 31.7 Å². The normalized spacial score (nSPS) is 10.8. The molecule has 2 aromatic heterocycles. The summed E-state index contributed by atoms with van der Waals surface area (Å²) in [6, 6.07) is 0. The predicted octanol–water partition coefficient (Wildman–Crippen LogP) is 1.81. The Labute approximate surface area is 104 Å². The molecule has 6 heteroatoms. The van der Waals surface area contributed by atoms with Crippen LogP contribution in [0.1, 0.15) is 18.3 Å². The van der Waals surface area contributed by atoms with Crippen LogP contribution in [0.2, 0.25) is 0 Å². The lowest BCUT2D eigenvalue weighted by Gasteiger charge is -2.08. The number of hydrogen-bond acceptors (Lipinski definition) is 5. The average Bonchev–Trinajstić information content (AvgIpc) is 2.70. The van der Waals surface area contributed by atoms with Crippen molar-refractivity contribution in [1.29, 1.82) is 0 Å². The number of nitrogens with zero attached hydrogens (tertiary/aromatic N) is 4. The standard InChI is InChI=1S/C11H15N5S/c1-4-8-14-9(12)7(2)10(15-8)17-11-13-5-6-16(11)3/h5-6H,4H2,1-3H3,(H2,12,14,15). The van der Waals surface area contributed by atoms with Crippen LogP contribution in [-0.2, 0) is 13.5 Å². The number of aryl methyl sites for hydroxylation is 2. The summed E-state index contributed by atoms with van der Waals surface area (Å²) < 4.78 is 1.95. The van der Waals surface area contributed by atoms with Gasteiger partial charge in [-0.05, 0) is 18.7 Å². The molecular weight excluding hydrogens is 234 g/mol. The fourth-order valence-corrected chi connectivity index (χ4v) is 2.25. The maximum atomic E-state index is 5.87. The van der Waals surface area contributed by atoms with Crippen LogP contribution in [0.4, 0.5) is 5.82 Å². The highest BCUT2D eigenvalue weighted by molar-refractivity contribution is 7.99. The summed E-state index contributed by atoms with van der Waals surface area (Å²) in [7, 11) is 1.95. The van der Waals surface area contributed by atoms with Gasteiger partial charge in [-0.25, -0.2) is 15.0 Å². The first kappa shape index (κ1) is 11.9. The molecule has 2 rings (SSSR count). The molecule has 0 bridgehead atoms. The zero-order valence-corrected chi connectivity index (χ0v) is 11.0. The molecule has 0 atom stereocenters. The van der Waals surface area contributed by atoms with Gasteiger partial charge in [0.15, 0.2) is 5.16 Å². The van der Waals surface area contributed by atoms with Crippen LogP contribution in [-0.4, -0.2) is 19.5 Å². The molecule has 0 aromatic carbocycles. The van der Waals surface area contributed by atoms with Crippen molar-refractivity contribution < 1.29 is 0 Å². The minimum atomic E-state index is 0.550. The number of anilines is 1. The monoisotopic (exact) mass is 249 g/mol. The summed E-state index contributed by atoms with van der Waals surface area (Å²) in [6.45, 7) is 3.94. The summed E-state index contributed by atoms with van der Waals surface area (Å²) in [6.07, 6.45) is 4.45. The van der Waals surface area contributed by atoms with Crippen molar-refractivity contribution in [2.45, 2.75) is 30.5 Å². The van der Waals surface area contributed by atoms with Crippen LogP contribution in [0.15, 0.2) is 22.6 Å². The van der Waals surface area contributed by atoms with Gasteiger partial charge in [-0.15, -0.1) is 0 Å². The molecule has 0 aliphatic rings. The Morgan fingerprint density at radius 3 is 2.76 bits per heavy atom. The minimum absolute atomic E-state index is 0.550. The zero-order valence-electron chi connectivity index (χ0n) is 10.1. The van der Waals surface area contributed by atoms with Crippen LogP contribution >= 0.6 is 11.8 Å². The van der Waals surface area contributed by atoms with Gasteiger partial charge in [0.05, 0.1) is 0 Å². The van der Waals surface area contributed by atoms with E-state index in [4.69, 9.17) is 5.73 Å². The van der Waals surface area contributed by atoms with Crippen molar-refractivity contribution in [3.05, 3.63) is 23.8 Å². The van der Waals surface area contributed by atoms with Gasteiger partial charge in [0.2, 0.25) is 0 Å². The van der Waals surface area contributed by atoms with Gasteiger partial charge < -0.3 is 10.3 Å². The molecule has 0 fully saturated rings. The highest BCUT2D eigenvalue weighted by atomic mass is 32.2. The van der Waals surface area contributed by atoms with Crippen LogP contribution in [0.25, 0.3) is 0 Å². The highest BCUT2D eigenvalue weighted by Gasteiger charge is 2.11. The van der Waals surface area contributed by atoms with Gasteiger partial charge in [0.1, 0.15) is 16.7 Å². The number of aromatic nitrogens is 4. The summed E-state index contributed by atoms with van der Waals surface area (Å²) in [4.78, 5) is 13.0. The molecular formula is C11H15N5S. The first-order chi connectivity index (χ1) is 8.11. The summed E-state index contributed by atoms with van der Waals surface area (Å²) >= 11 is 1.51. The van der Waals surface area contributed by atoms with E-state index in [-0.39, 0.29) is 0 Å². The number of imidazole rings is 1. The van der Waals surface area contributed by atoms with Crippen molar-refractivity contribution in [2.24, 2.45) is 7.05 Å². The van der Waals surface area contributed by atoms with Crippen molar-refractivity contribution in [2.75, 3.05) is 5.73 Å². The smallest absolute Gasteiger partial charge is 0.174 e. The largest absolute Gasteiger partial charge is 0.383 e. The lowest BCUT2D eigenvalue weighted by Crippen LogP contribution is -2.04. The Kier molecular flexibility index (Phi) is 3.33. The second kappa shape index (κ2) is 4.75. The Bertz CT molecular complexity index is 535. The van der Waals surface area contributed by atoms with Gasteiger partial charge in [-0.1, -0.05) is 6.92 Å². The van der Waals surface area contributed by atoms with E-state index in [1.54, 1.807) is 6.20 Å². The first-order valence-corrected chi connectivity index (χ1v) is 6.21. The Balaban J connectivity index is 2.38. The van der Waals surface area contributed by atoms with Crippen LogP contribution < -0.4 is 5.73 Å². The second-order valence-electron chi connectivity index (χ2n) is 3.73. The maximum absolute atomic E-state index is 5.87. The summed E-state index contributed by atoms with van der Waals surface area (Å²) in [5, 5.41) is 1.77. The third-order valence-electron chi connectivity index (χ3n) is 2.47. The third kappa shape index (κ3) is 2.41. The third-order valence-corrected chi connectivity index (χ3v) is 3.63. The Hall–Kier alpha value is -1.56. The Morgan fingerprint density at radius 1 is 1.41 bits per heavy atom. The van der Waals surface area contributed by atoms with Crippen LogP contribution in [0, 0.1) is 6.92 Å². The van der Waals surface area contributed by atoms with Gasteiger partial charge in [0, 0.05) is 31.4 Å². The van der Waals surface area contributed by atoms with Crippen LogP contribution in [0.3, 0.4) is 0 Å². The number of hydrogen-bond donors (Lipinski definition) is 1. The van der Waals surface area contributed by atoms with E-state index in [0.717, 1.165) is 28.0 Å². The lowest BCUT2D eigenvalue weighted by atomic mass is 10.3. The van der Waals surface area contributed by atoms with Gasteiger partial charge >= 0.3 is 0 Å². The molecule has 2 aromatic rings. The van der Waals surface area contributed by atoms with Gasteiger partial charge in [0.25, 0.3) is 0 Å². The molecule has 0 aliphatic heterocycles. The number of nitrogens with two attached hydrogens (primary N) is 1. The topological polar surface area (TPSA) is 69.6 Å². The van der Waals surface area contributed by atoms with Crippen LogP contribution in [0.5, 0.6) is 0 Å². The van der Waals surface area contributed by atoms with E-state index in [2.05, 4.69) is 15.0 Å². The molecule has 2 heterocycles. The molecule has 0 aliphatic carbocycles. The molecule has 0 saturated heterocycles. The molecule has 0 spiro atoms.